The molecule has 0 bridgehead atoms. The quantitative estimate of drug-likeness (QED) is 0.749. The van der Waals surface area contributed by atoms with Gasteiger partial charge >= 0.3 is 0 Å². The SMILES string of the molecule is CCS(=O)(=O)N1CCC(C(=O)N(C)CCC(N)C(C)C)CC1. The fourth-order valence-electron chi connectivity index (χ4n) is 2.66. The van der Waals surface area contributed by atoms with Gasteiger partial charge in [0.25, 0.3) is 0 Å². The molecule has 0 spiro atoms. The molecular weight excluding hydrogens is 302 g/mol. The highest BCUT2D eigenvalue weighted by molar-refractivity contribution is 7.89. The number of piperidine rings is 1. The molecule has 0 aromatic heterocycles. The fourth-order valence-corrected chi connectivity index (χ4v) is 3.79. The number of sulfonamides is 1. The smallest absolute Gasteiger partial charge is 0.225 e. The van der Waals surface area contributed by atoms with E-state index in [1.165, 1.54) is 4.31 Å². The Morgan fingerprint density at radius 2 is 1.86 bits per heavy atom. The van der Waals surface area contributed by atoms with Crippen LogP contribution in [0.5, 0.6) is 0 Å². The van der Waals surface area contributed by atoms with Crippen LogP contribution in [0.25, 0.3) is 0 Å². The van der Waals surface area contributed by atoms with Crippen LogP contribution >= 0.6 is 0 Å². The molecule has 1 rings (SSSR count). The number of amides is 1. The van der Waals surface area contributed by atoms with E-state index in [2.05, 4.69) is 13.8 Å². The maximum atomic E-state index is 12.4. The van der Waals surface area contributed by atoms with Gasteiger partial charge in [-0.05, 0) is 32.1 Å². The summed E-state index contributed by atoms with van der Waals surface area (Å²) in [5.74, 6) is 0.581. The van der Waals surface area contributed by atoms with E-state index in [0.29, 0.717) is 38.4 Å². The van der Waals surface area contributed by atoms with Gasteiger partial charge in [-0.3, -0.25) is 4.79 Å². The fraction of sp³-hybridized carbons (Fsp3) is 0.933. The first-order valence-electron chi connectivity index (χ1n) is 8.17. The Labute approximate surface area is 135 Å². The number of carbonyl (C=O) groups is 1. The summed E-state index contributed by atoms with van der Waals surface area (Å²) in [6, 6.07) is 0.104. The first-order valence-corrected chi connectivity index (χ1v) is 9.78. The molecule has 0 aromatic rings. The van der Waals surface area contributed by atoms with Crippen molar-refractivity contribution in [2.75, 3.05) is 32.4 Å². The van der Waals surface area contributed by atoms with Gasteiger partial charge in [0.15, 0.2) is 0 Å². The molecule has 2 N–H and O–H groups in total. The third-order valence-corrected chi connectivity index (χ3v) is 6.47. The largest absolute Gasteiger partial charge is 0.345 e. The number of carbonyl (C=O) groups excluding carboxylic acids is 1. The maximum absolute atomic E-state index is 12.4. The minimum absolute atomic E-state index is 0.0661. The lowest BCUT2D eigenvalue weighted by molar-refractivity contribution is -0.135. The predicted octanol–water partition coefficient (Wildman–Crippen LogP) is 0.880. The molecule has 7 heteroatoms. The minimum Gasteiger partial charge on any atom is -0.345 e. The second-order valence-electron chi connectivity index (χ2n) is 6.53. The van der Waals surface area contributed by atoms with Gasteiger partial charge in [0, 0.05) is 38.6 Å². The number of hydrogen-bond donors (Lipinski definition) is 1. The van der Waals surface area contributed by atoms with Crippen molar-refractivity contribution < 1.29 is 13.2 Å². The van der Waals surface area contributed by atoms with E-state index in [0.717, 1.165) is 6.42 Å². The summed E-state index contributed by atoms with van der Waals surface area (Å²) in [7, 11) is -1.32. The standard InChI is InChI=1S/C15H31N3O3S/c1-5-22(20,21)18-10-6-13(7-11-18)15(19)17(4)9-8-14(16)12(2)3/h12-14H,5-11,16H2,1-4H3. The van der Waals surface area contributed by atoms with Gasteiger partial charge < -0.3 is 10.6 Å². The zero-order valence-corrected chi connectivity index (χ0v) is 15.1. The van der Waals surface area contributed by atoms with E-state index in [1.54, 1.807) is 11.8 Å². The second kappa shape index (κ2) is 8.26. The molecule has 0 saturated carbocycles. The number of rotatable bonds is 7. The number of nitrogens with zero attached hydrogens (tertiary/aromatic N) is 2. The summed E-state index contributed by atoms with van der Waals surface area (Å²) in [5.41, 5.74) is 6.01. The highest BCUT2D eigenvalue weighted by Gasteiger charge is 2.31. The number of hydrogen-bond acceptors (Lipinski definition) is 4. The van der Waals surface area contributed by atoms with Crippen molar-refractivity contribution in [2.45, 2.75) is 46.1 Å². The van der Waals surface area contributed by atoms with Gasteiger partial charge in [-0.1, -0.05) is 13.8 Å². The first kappa shape index (κ1) is 19.4. The van der Waals surface area contributed by atoms with Crippen molar-refractivity contribution in [1.29, 1.82) is 0 Å². The molecule has 1 aliphatic rings. The van der Waals surface area contributed by atoms with Crippen LogP contribution < -0.4 is 5.73 Å². The van der Waals surface area contributed by atoms with Gasteiger partial charge in [-0.25, -0.2) is 12.7 Å². The maximum Gasteiger partial charge on any atom is 0.225 e. The van der Waals surface area contributed by atoms with Crippen LogP contribution in [0.2, 0.25) is 0 Å². The summed E-state index contributed by atoms with van der Waals surface area (Å²) < 4.78 is 25.2. The lowest BCUT2D eigenvalue weighted by Gasteiger charge is -2.32. The van der Waals surface area contributed by atoms with Crippen LogP contribution in [0.3, 0.4) is 0 Å². The predicted molar refractivity (Wildman–Crippen MR) is 88.8 cm³/mol. The Balaban J connectivity index is 2.45. The van der Waals surface area contributed by atoms with E-state index >= 15 is 0 Å². The highest BCUT2D eigenvalue weighted by atomic mass is 32.2. The van der Waals surface area contributed by atoms with Crippen molar-refractivity contribution >= 4 is 15.9 Å². The van der Waals surface area contributed by atoms with E-state index in [4.69, 9.17) is 5.73 Å². The molecular formula is C15H31N3O3S. The Hall–Kier alpha value is -0.660. The summed E-state index contributed by atoms with van der Waals surface area (Å²) in [5, 5.41) is 0. The second-order valence-corrected chi connectivity index (χ2v) is 8.79. The lowest BCUT2D eigenvalue weighted by atomic mass is 9.96. The van der Waals surface area contributed by atoms with Crippen LogP contribution in [0.15, 0.2) is 0 Å². The highest BCUT2D eigenvalue weighted by Crippen LogP contribution is 2.21. The number of nitrogens with two attached hydrogens (primary N) is 1. The van der Waals surface area contributed by atoms with E-state index in [1.807, 2.05) is 7.05 Å². The lowest BCUT2D eigenvalue weighted by Crippen LogP contribution is -2.44. The van der Waals surface area contributed by atoms with Gasteiger partial charge in [0.05, 0.1) is 5.75 Å². The van der Waals surface area contributed by atoms with Crippen LogP contribution in [0, 0.1) is 11.8 Å². The molecule has 6 nitrogen and oxygen atoms in total. The molecule has 1 heterocycles. The molecule has 22 heavy (non-hydrogen) atoms. The summed E-state index contributed by atoms with van der Waals surface area (Å²) in [4.78, 5) is 14.2. The van der Waals surface area contributed by atoms with Gasteiger partial charge in [0.1, 0.15) is 0 Å². The topological polar surface area (TPSA) is 83.7 Å². The van der Waals surface area contributed by atoms with Crippen LogP contribution in [-0.2, 0) is 14.8 Å². The van der Waals surface area contributed by atoms with Crippen LogP contribution in [0.4, 0.5) is 0 Å². The zero-order chi connectivity index (χ0) is 16.9. The Bertz CT molecular complexity index is 457. The summed E-state index contributed by atoms with van der Waals surface area (Å²) in [6.07, 6.45) is 2.01. The molecule has 1 amide bonds. The van der Waals surface area contributed by atoms with E-state index in [-0.39, 0.29) is 23.6 Å². The van der Waals surface area contributed by atoms with Crippen molar-refractivity contribution in [2.24, 2.45) is 17.6 Å². The Morgan fingerprint density at radius 3 is 2.32 bits per heavy atom. The summed E-state index contributed by atoms with van der Waals surface area (Å²) in [6.45, 7) is 7.37. The average Bonchev–Trinajstić information content (AvgIpc) is 2.51. The average molecular weight is 333 g/mol. The van der Waals surface area contributed by atoms with Gasteiger partial charge in [-0.15, -0.1) is 0 Å². The third-order valence-electron chi connectivity index (χ3n) is 4.59. The molecule has 1 aliphatic heterocycles. The van der Waals surface area contributed by atoms with Crippen LogP contribution in [-0.4, -0.2) is 62.0 Å². The van der Waals surface area contributed by atoms with Gasteiger partial charge in [0.2, 0.25) is 15.9 Å². The molecule has 1 unspecified atom stereocenters. The van der Waals surface area contributed by atoms with Crippen molar-refractivity contribution in [1.82, 2.24) is 9.21 Å². The van der Waals surface area contributed by atoms with Crippen LogP contribution in [0.1, 0.15) is 40.0 Å². The minimum atomic E-state index is -3.13. The Morgan fingerprint density at radius 1 is 1.32 bits per heavy atom. The summed E-state index contributed by atoms with van der Waals surface area (Å²) >= 11 is 0. The molecule has 0 aromatic carbocycles. The zero-order valence-electron chi connectivity index (χ0n) is 14.3. The van der Waals surface area contributed by atoms with E-state index in [9.17, 15) is 13.2 Å². The van der Waals surface area contributed by atoms with Crippen molar-refractivity contribution in [3.63, 3.8) is 0 Å². The van der Waals surface area contributed by atoms with Crippen molar-refractivity contribution in [3.05, 3.63) is 0 Å². The Kier molecular flexibility index (Phi) is 7.28. The van der Waals surface area contributed by atoms with E-state index < -0.39 is 10.0 Å². The molecule has 130 valence electrons. The normalized spacial score (nSPS) is 19.4. The monoisotopic (exact) mass is 333 g/mol. The first-order chi connectivity index (χ1) is 10.2. The molecule has 0 aliphatic carbocycles. The molecule has 1 atom stereocenters. The van der Waals surface area contributed by atoms with Gasteiger partial charge in [-0.2, -0.15) is 0 Å². The molecule has 0 radical (unpaired) electrons. The molecule has 1 fully saturated rings. The third kappa shape index (κ3) is 5.21. The van der Waals surface area contributed by atoms with Crippen molar-refractivity contribution in [3.8, 4) is 0 Å². The molecule has 1 saturated heterocycles.